The molecular formula is C12H16BrNOS. The van der Waals surface area contributed by atoms with Gasteiger partial charge in [0.25, 0.3) is 0 Å². The molecule has 2 nitrogen and oxygen atoms in total. The van der Waals surface area contributed by atoms with Gasteiger partial charge in [0.05, 0.1) is 3.79 Å². The third kappa shape index (κ3) is 2.39. The van der Waals surface area contributed by atoms with Crippen LogP contribution in [0.15, 0.2) is 15.9 Å². The predicted molar refractivity (Wildman–Crippen MR) is 70.7 cm³/mol. The first-order valence-corrected chi connectivity index (χ1v) is 7.25. The summed E-state index contributed by atoms with van der Waals surface area (Å²) >= 11 is 5.06. The number of halogens is 1. The van der Waals surface area contributed by atoms with Crippen LogP contribution in [-0.4, -0.2) is 12.3 Å². The van der Waals surface area contributed by atoms with Crippen molar-refractivity contribution in [3.63, 3.8) is 0 Å². The lowest BCUT2D eigenvalue weighted by Gasteiger charge is -2.25. The Labute approximate surface area is 108 Å². The van der Waals surface area contributed by atoms with E-state index in [9.17, 15) is 4.79 Å². The highest BCUT2D eigenvalue weighted by atomic mass is 79.9. The monoisotopic (exact) mass is 301 g/mol. The van der Waals surface area contributed by atoms with Crippen molar-refractivity contribution in [2.24, 2.45) is 11.1 Å². The number of carbonyl (C=O) groups is 1. The van der Waals surface area contributed by atoms with Crippen LogP contribution in [-0.2, 0) is 11.2 Å². The lowest BCUT2D eigenvalue weighted by Crippen LogP contribution is -2.37. The van der Waals surface area contributed by atoms with Crippen molar-refractivity contribution in [1.29, 1.82) is 0 Å². The summed E-state index contributed by atoms with van der Waals surface area (Å²) in [7, 11) is 0. The van der Waals surface area contributed by atoms with E-state index in [0.717, 1.165) is 34.3 Å². The molecule has 0 radical (unpaired) electrons. The average Bonchev–Trinajstić information content (AvgIpc) is 2.88. The van der Waals surface area contributed by atoms with Gasteiger partial charge in [0.1, 0.15) is 5.78 Å². The SMILES string of the molecule is NCC1(C(=O)Cc2ccc(Br)s2)CCCC1. The normalized spacial score (nSPS) is 18.9. The molecular weight excluding hydrogens is 286 g/mol. The summed E-state index contributed by atoms with van der Waals surface area (Å²) in [6, 6.07) is 4.02. The Hall–Kier alpha value is -0.190. The van der Waals surface area contributed by atoms with Gasteiger partial charge in [0, 0.05) is 23.3 Å². The fourth-order valence-corrected chi connectivity index (χ4v) is 3.92. The fraction of sp³-hybridized carbons (Fsp3) is 0.583. The van der Waals surface area contributed by atoms with Crippen LogP contribution < -0.4 is 5.73 Å². The molecule has 0 spiro atoms. The van der Waals surface area contributed by atoms with E-state index in [-0.39, 0.29) is 5.41 Å². The van der Waals surface area contributed by atoms with Gasteiger partial charge in [-0.25, -0.2) is 0 Å². The minimum Gasteiger partial charge on any atom is -0.329 e. The maximum Gasteiger partial charge on any atom is 0.145 e. The molecule has 1 aromatic heterocycles. The van der Waals surface area contributed by atoms with Crippen LogP contribution in [0.3, 0.4) is 0 Å². The number of rotatable bonds is 4. The Bertz CT molecular complexity index is 382. The summed E-state index contributed by atoms with van der Waals surface area (Å²) in [5.41, 5.74) is 5.59. The minimum absolute atomic E-state index is 0.212. The number of ketones is 1. The number of hydrogen-bond donors (Lipinski definition) is 1. The molecule has 2 N–H and O–H groups in total. The van der Waals surface area contributed by atoms with Crippen molar-refractivity contribution >= 4 is 33.0 Å². The van der Waals surface area contributed by atoms with Gasteiger partial charge >= 0.3 is 0 Å². The van der Waals surface area contributed by atoms with E-state index in [4.69, 9.17) is 5.73 Å². The third-order valence-corrected chi connectivity index (χ3v) is 5.13. The molecule has 88 valence electrons. The van der Waals surface area contributed by atoms with E-state index >= 15 is 0 Å². The van der Waals surface area contributed by atoms with Gasteiger partial charge in [-0.2, -0.15) is 0 Å². The largest absolute Gasteiger partial charge is 0.329 e. The van der Waals surface area contributed by atoms with Crippen molar-refractivity contribution in [2.45, 2.75) is 32.1 Å². The van der Waals surface area contributed by atoms with Gasteiger partial charge in [-0.3, -0.25) is 4.79 Å². The van der Waals surface area contributed by atoms with Gasteiger partial charge in [-0.15, -0.1) is 11.3 Å². The highest BCUT2D eigenvalue weighted by molar-refractivity contribution is 9.11. The molecule has 1 heterocycles. The van der Waals surface area contributed by atoms with Gasteiger partial charge in [0.15, 0.2) is 0 Å². The van der Waals surface area contributed by atoms with Crippen LogP contribution in [0, 0.1) is 5.41 Å². The van der Waals surface area contributed by atoms with Gasteiger partial charge in [-0.05, 0) is 40.9 Å². The Morgan fingerprint density at radius 3 is 2.62 bits per heavy atom. The highest BCUT2D eigenvalue weighted by Crippen LogP contribution is 2.39. The Morgan fingerprint density at radius 2 is 2.12 bits per heavy atom. The first kappa shape index (κ1) is 12.3. The Kier molecular flexibility index (Phi) is 3.82. The molecule has 1 aliphatic rings. The summed E-state index contributed by atoms with van der Waals surface area (Å²) in [5, 5.41) is 0. The first-order chi connectivity index (χ1) is 7.66. The minimum atomic E-state index is -0.212. The molecule has 0 saturated heterocycles. The molecule has 1 fully saturated rings. The molecule has 0 bridgehead atoms. The molecule has 16 heavy (non-hydrogen) atoms. The molecule has 0 atom stereocenters. The topological polar surface area (TPSA) is 43.1 Å². The molecule has 0 amide bonds. The zero-order valence-electron chi connectivity index (χ0n) is 9.17. The van der Waals surface area contributed by atoms with Gasteiger partial charge in [0.2, 0.25) is 0 Å². The smallest absolute Gasteiger partial charge is 0.145 e. The summed E-state index contributed by atoms with van der Waals surface area (Å²) in [6.45, 7) is 0.512. The summed E-state index contributed by atoms with van der Waals surface area (Å²) in [5.74, 6) is 0.335. The number of carbonyl (C=O) groups excluding carboxylic acids is 1. The molecule has 0 aliphatic heterocycles. The molecule has 0 unspecified atom stereocenters. The van der Waals surface area contributed by atoms with Gasteiger partial charge < -0.3 is 5.73 Å². The maximum atomic E-state index is 12.3. The summed E-state index contributed by atoms with van der Waals surface area (Å²) in [6.07, 6.45) is 4.81. The second-order valence-corrected chi connectivity index (χ2v) is 7.04. The third-order valence-electron chi connectivity index (χ3n) is 3.51. The molecule has 0 aromatic carbocycles. The summed E-state index contributed by atoms with van der Waals surface area (Å²) in [4.78, 5) is 13.4. The van der Waals surface area contributed by atoms with Crippen molar-refractivity contribution in [3.8, 4) is 0 Å². The average molecular weight is 302 g/mol. The van der Waals surface area contributed by atoms with Crippen LogP contribution in [0.4, 0.5) is 0 Å². The van der Waals surface area contributed by atoms with Crippen LogP contribution in [0.2, 0.25) is 0 Å². The van der Waals surface area contributed by atoms with E-state index in [0.29, 0.717) is 18.7 Å². The van der Waals surface area contributed by atoms with E-state index in [1.54, 1.807) is 11.3 Å². The standard InChI is InChI=1S/C12H16BrNOS/c13-11-4-3-9(16-11)7-10(15)12(8-14)5-1-2-6-12/h3-4H,1-2,5-8,14H2. The molecule has 1 aromatic rings. The van der Waals surface area contributed by atoms with Crippen molar-refractivity contribution < 1.29 is 4.79 Å². The quantitative estimate of drug-likeness (QED) is 0.928. The molecule has 2 rings (SSSR count). The number of thiophene rings is 1. The number of Topliss-reactive ketones (excluding diaryl/α,β-unsaturated/α-hetero) is 1. The van der Waals surface area contributed by atoms with Crippen LogP contribution in [0.5, 0.6) is 0 Å². The van der Waals surface area contributed by atoms with Crippen LogP contribution >= 0.6 is 27.3 Å². The zero-order valence-corrected chi connectivity index (χ0v) is 11.6. The van der Waals surface area contributed by atoms with E-state index in [1.165, 1.54) is 0 Å². The lowest BCUT2D eigenvalue weighted by molar-refractivity contribution is -0.127. The van der Waals surface area contributed by atoms with Crippen molar-refractivity contribution in [3.05, 3.63) is 20.8 Å². The second-order valence-electron chi connectivity index (χ2n) is 4.50. The molecule has 1 saturated carbocycles. The molecule has 4 heteroatoms. The Morgan fingerprint density at radius 1 is 1.44 bits per heavy atom. The zero-order chi connectivity index (χ0) is 11.6. The Balaban J connectivity index is 2.07. The number of hydrogen-bond acceptors (Lipinski definition) is 3. The lowest BCUT2D eigenvalue weighted by atomic mass is 9.80. The van der Waals surface area contributed by atoms with Crippen molar-refractivity contribution in [2.75, 3.05) is 6.54 Å². The van der Waals surface area contributed by atoms with Crippen LogP contribution in [0.25, 0.3) is 0 Å². The second kappa shape index (κ2) is 4.98. The van der Waals surface area contributed by atoms with E-state index in [2.05, 4.69) is 15.9 Å². The van der Waals surface area contributed by atoms with Crippen LogP contribution in [0.1, 0.15) is 30.6 Å². The molecule has 1 aliphatic carbocycles. The van der Waals surface area contributed by atoms with Gasteiger partial charge in [-0.1, -0.05) is 12.8 Å². The fourth-order valence-electron chi connectivity index (χ4n) is 2.44. The van der Waals surface area contributed by atoms with Crippen molar-refractivity contribution in [1.82, 2.24) is 0 Å². The highest BCUT2D eigenvalue weighted by Gasteiger charge is 2.39. The first-order valence-electron chi connectivity index (χ1n) is 5.64. The van der Waals surface area contributed by atoms with E-state index < -0.39 is 0 Å². The number of nitrogens with two attached hydrogens (primary N) is 1. The van der Waals surface area contributed by atoms with E-state index in [1.807, 2.05) is 12.1 Å². The summed E-state index contributed by atoms with van der Waals surface area (Å²) < 4.78 is 1.09. The maximum absolute atomic E-state index is 12.3. The predicted octanol–water partition coefficient (Wildman–Crippen LogP) is 3.14.